The van der Waals surface area contributed by atoms with Crippen molar-refractivity contribution >= 4 is 18.3 Å². The number of halogens is 1. The second kappa shape index (κ2) is 6.39. The molecule has 16 heavy (non-hydrogen) atoms. The summed E-state index contributed by atoms with van der Waals surface area (Å²) in [6.45, 7) is 6.81. The lowest BCUT2D eigenvalue weighted by atomic mass is 10.1. The van der Waals surface area contributed by atoms with Crippen molar-refractivity contribution in [1.82, 2.24) is 10.2 Å². The van der Waals surface area contributed by atoms with Gasteiger partial charge in [0, 0.05) is 32.2 Å². The molecule has 5 nitrogen and oxygen atoms in total. The molecule has 1 saturated heterocycles. The summed E-state index contributed by atoms with van der Waals surface area (Å²) in [6, 6.07) is 0. The highest BCUT2D eigenvalue weighted by molar-refractivity contribution is 5.85. The number of nitrogens with two attached hydrogens (primary N) is 1. The summed E-state index contributed by atoms with van der Waals surface area (Å²) < 4.78 is 5.38. The maximum absolute atomic E-state index is 11.4. The van der Waals surface area contributed by atoms with Crippen LogP contribution in [-0.2, 0) is 9.53 Å². The summed E-state index contributed by atoms with van der Waals surface area (Å²) in [6.07, 6.45) is -0.355. The largest absolute Gasteiger partial charge is 0.366 e. The molecule has 96 valence electrons. The number of carbonyl (C=O) groups is 1. The van der Waals surface area contributed by atoms with Gasteiger partial charge in [-0.25, -0.2) is 0 Å². The summed E-state index contributed by atoms with van der Waals surface area (Å²) in [5, 5.41) is 2.60. The molecule has 0 bridgehead atoms. The summed E-state index contributed by atoms with van der Waals surface area (Å²) in [4.78, 5) is 13.6. The summed E-state index contributed by atoms with van der Waals surface area (Å²) in [5.41, 5.74) is 5.71. The number of likely N-dealkylation sites (N-methyl/N-ethyl adjacent to an activating group) is 1. The third-order valence-electron chi connectivity index (χ3n) is 2.32. The Bertz CT molecular complexity index is 231. The van der Waals surface area contributed by atoms with Gasteiger partial charge in [0.1, 0.15) is 6.10 Å². The monoisotopic (exact) mass is 251 g/mol. The van der Waals surface area contributed by atoms with E-state index in [9.17, 15) is 4.79 Å². The molecule has 0 aliphatic carbocycles. The van der Waals surface area contributed by atoms with Crippen LogP contribution in [0.5, 0.6) is 0 Å². The fourth-order valence-electron chi connectivity index (χ4n) is 1.74. The first-order chi connectivity index (χ1) is 6.92. The minimum absolute atomic E-state index is 0. The van der Waals surface area contributed by atoms with Crippen molar-refractivity contribution in [3.8, 4) is 0 Å². The molecule has 6 heteroatoms. The SMILES string of the molecule is CNC(=O)C1CN(CC(C)(C)N)CCO1.Cl. The molecule has 0 aromatic carbocycles. The van der Waals surface area contributed by atoms with E-state index in [0.717, 1.165) is 13.1 Å². The van der Waals surface area contributed by atoms with Crippen LogP contribution in [-0.4, -0.2) is 55.7 Å². The van der Waals surface area contributed by atoms with Crippen LogP contribution >= 0.6 is 12.4 Å². The minimum atomic E-state index is -0.355. The number of amides is 1. The van der Waals surface area contributed by atoms with Crippen LogP contribution in [0.2, 0.25) is 0 Å². The third-order valence-corrected chi connectivity index (χ3v) is 2.32. The fourth-order valence-corrected chi connectivity index (χ4v) is 1.74. The molecule has 1 heterocycles. The van der Waals surface area contributed by atoms with E-state index in [1.807, 2.05) is 13.8 Å². The fraction of sp³-hybridized carbons (Fsp3) is 0.900. The van der Waals surface area contributed by atoms with Gasteiger partial charge in [0.25, 0.3) is 0 Å². The van der Waals surface area contributed by atoms with Gasteiger partial charge in [0.2, 0.25) is 5.91 Å². The highest BCUT2D eigenvalue weighted by Gasteiger charge is 2.28. The zero-order valence-electron chi connectivity index (χ0n) is 10.2. The standard InChI is InChI=1S/C10H21N3O2.ClH/c1-10(2,11)7-13-4-5-15-8(6-13)9(14)12-3;/h8H,4-7,11H2,1-3H3,(H,12,14);1H. The Balaban J connectivity index is 0.00000225. The van der Waals surface area contributed by atoms with Gasteiger partial charge in [0.05, 0.1) is 6.61 Å². The molecule has 0 saturated carbocycles. The summed E-state index contributed by atoms with van der Waals surface area (Å²) in [7, 11) is 1.62. The van der Waals surface area contributed by atoms with E-state index in [1.165, 1.54) is 0 Å². The Morgan fingerprint density at radius 3 is 2.75 bits per heavy atom. The van der Waals surface area contributed by atoms with Crippen LogP contribution in [0, 0.1) is 0 Å². The first kappa shape index (κ1) is 15.6. The molecule has 3 N–H and O–H groups in total. The summed E-state index contributed by atoms with van der Waals surface area (Å²) in [5.74, 6) is -0.0606. The first-order valence-corrected chi connectivity index (χ1v) is 5.27. The molecule has 1 rings (SSSR count). The van der Waals surface area contributed by atoms with Gasteiger partial charge >= 0.3 is 0 Å². The van der Waals surface area contributed by atoms with E-state index in [0.29, 0.717) is 13.2 Å². The van der Waals surface area contributed by atoms with Crippen LogP contribution in [0.1, 0.15) is 13.8 Å². The van der Waals surface area contributed by atoms with E-state index in [4.69, 9.17) is 10.5 Å². The molecular formula is C10H22ClN3O2. The van der Waals surface area contributed by atoms with Gasteiger partial charge in [-0.2, -0.15) is 0 Å². The molecule has 1 amide bonds. The van der Waals surface area contributed by atoms with Crippen molar-refractivity contribution in [3.63, 3.8) is 0 Å². The molecule has 1 aliphatic rings. The Hall–Kier alpha value is -0.360. The van der Waals surface area contributed by atoms with E-state index in [2.05, 4.69) is 10.2 Å². The number of nitrogens with one attached hydrogen (secondary N) is 1. The molecule has 1 atom stereocenters. The predicted molar refractivity (Wildman–Crippen MR) is 65.8 cm³/mol. The Morgan fingerprint density at radius 2 is 2.25 bits per heavy atom. The average molecular weight is 252 g/mol. The van der Waals surface area contributed by atoms with Gasteiger partial charge in [0.15, 0.2) is 0 Å². The van der Waals surface area contributed by atoms with Crippen molar-refractivity contribution in [2.45, 2.75) is 25.5 Å². The maximum atomic E-state index is 11.4. The second-order valence-electron chi connectivity index (χ2n) is 4.70. The van der Waals surface area contributed by atoms with Crippen molar-refractivity contribution in [1.29, 1.82) is 0 Å². The molecule has 1 fully saturated rings. The molecule has 0 spiro atoms. The first-order valence-electron chi connectivity index (χ1n) is 5.27. The van der Waals surface area contributed by atoms with Gasteiger partial charge in [-0.1, -0.05) is 0 Å². The van der Waals surface area contributed by atoms with E-state index in [1.54, 1.807) is 7.05 Å². The molecule has 1 aliphatic heterocycles. The molecular weight excluding hydrogens is 230 g/mol. The normalized spacial score (nSPS) is 22.4. The summed E-state index contributed by atoms with van der Waals surface area (Å²) >= 11 is 0. The number of nitrogens with zero attached hydrogens (tertiary/aromatic N) is 1. The van der Waals surface area contributed by atoms with Crippen molar-refractivity contribution in [2.24, 2.45) is 5.73 Å². The van der Waals surface area contributed by atoms with Crippen LogP contribution in [0.3, 0.4) is 0 Å². The lowest BCUT2D eigenvalue weighted by Crippen LogP contribution is -2.54. The number of morpholine rings is 1. The Labute approximate surface area is 103 Å². The molecule has 0 radical (unpaired) electrons. The predicted octanol–water partition coefficient (Wildman–Crippen LogP) is -0.408. The molecule has 0 aromatic rings. The number of ether oxygens (including phenoxy) is 1. The van der Waals surface area contributed by atoms with Crippen molar-refractivity contribution in [2.75, 3.05) is 33.3 Å². The number of carbonyl (C=O) groups excluding carboxylic acids is 1. The number of hydrogen-bond acceptors (Lipinski definition) is 4. The highest BCUT2D eigenvalue weighted by atomic mass is 35.5. The number of rotatable bonds is 3. The molecule has 0 aromatic heterocycles. The van der Waals surface area contributed by atoms with Crippen LogP contribution in [0.15, 0.2) is 0 Å². The average Bonchev–Trinajstić information content (AvgIpc) is 2.14. The highest BCUT2D eigenvalue weighted by Crippen LogP contribution is 2.09. The van der Waals surface area contributed by atoms with Crippen molar-refractivity contribution < 1.29 is 9.53 Å². The third kappa shape index (κ3) is 5.12. The van der Waals surface area contributed by atoms with Crippen LogP contribution < -0.4 is 11.1 Å². The number of hydrogen-bond donors (Lipinski definition) is 2. The lowest BCUT2D eigenvalue weighted by Gasteiger charge is -2.35. The van der Waals surface area contributed by atoms with E-state index in [-0.39, 0.29) is 30.0 Å². The van der Waals surface area contributed by atoms with Gasteiger partial charge < -0.3 is 15.8 Å². The van der Waals surface area contributed by atoms with E-state index >= 15 is 0 Å². The van der Waals surface area contributed by atoms with Crippen LogP contribution in [0.25, 0.3) is 0 Å². The van der Waals surface area contributed by atoms with Crippen LogP contribution in [0.4, 0.5) is 0 Å². The smallest absolute Gasteiger partial charge is 0.250 e. The quantitative estimate of drug-likeness (QED) is 0.716. The Kier molecular flexibility index (Phi) is 6.25. The van der Waals surface area contributed by atoms with Gasteiger partial charge in [-0.05, 0) is 13.8 Å². The van der Waals surface area contributed by atoms with E-state index < -0.39 is 0 Å². The van der Waals surface area contributed by atoms with Gasteiger partial charge in [-0.15, -0.1) is 12.4 Å². The van der Waals surface area contributed by atoms with Gasteiger partial charge in [-0.3, -0.25) is 9.69 Å². The van der Waals surface area contributed by atoms with Crippen molar-refractivity contribution in [3.05, 3.63) is 0 Å². The minimum Gasteiger partial charge on any atom is -0.366 e. The zero-order valence-corrected chi connectivity index (χ0v) is 11.0. The topological polar surface area (TPSA) is 67.6 Å². The zero-order chi connectivity index (χ0) is 11.5. The molecule has 1 unspecified atom stereocenters. The maximum Gasteiger partial charge on any atom is 0.250 e. The second-order valence-corrected chi connectivity index (χ2v) is 4.70. The Morgan fingerprint density at radius 1 is 1.62 bits per heavy atom. The lowest BCUT2D eigenvalue weighted by molar-refractivity contribution is -0.138.